The third-order valence-electron chi connectivity index (χ3n) is 14.7. The van der Waals surface area contributed by atoms with Crippen LogP contribution in [0.2, 0.25) is 0 Å². The van der Waals surface area contributed by atoms with Crippen LogP contribution in [0.15, 0.2) is 48.5 Å². The maximum atomic E-state index is 6.77. The van der Waals surface area contributed by atoms with E-state index in [9.17, 15) is 0 Å². The maximum absolute atomic E-state index is 6.77. The fraction of sp³-hybridized carbons (Fsp3) is 0.676. The van der Waals surface area contributed by atoms with Crippen LogP contribution < -0.4 is 29.4 Å². The third kappa shape index (κ3) is 29.9. The van der Waals surface area contributed by atoms with Crippen molar-refractivity contribution in [3.05, 3.63) is 70.8 Å². The van der Waals surface area contributed by atoms with Crippen molar-refractivity contribution in [2.45, 2.75) is 254 Å². The Hall–Kier alpha value is -4.06. The van der Waals surface area contributed by atoms with Gasteiger partial charge >= 0.3 is 0 Å². The van der Waals surface area contributed by atoms with Crippen LogP contribution in [0.25, 0.3) is 24.3 Å². The molecule has 0 bridgehead atoms. The number of rotatable bonds is 48. The van der Waals surface area contributed by atoms with E-state index in [1.807, 2.05) is 24.3 Å². The minimum absolute atomic E-state index is 0.417. The normalized spacial score (nSPS) is 12.5. The highest BCUT2D eigenvalue weighted by Gasteiger charge is 2.17. The first-order chi connectivity index (χ1) is 36.3. The van der Waals surface area contributed by atoms with Gasteiger partial charge in [0, 0.05) is 16.8 Å². The Balaban J connectivity index is 1.96. The van der Waals surface area contributed by atoms with Crippen molar-refractivity contribution in [2.75, 3.05) is 38.8 Å². The molecule has 0 amide bonds. The fourth-order valence-electron chi connectivity index (χ4n) is 9.14. The topological polar surface area (TPSA) is 72.2 Å². The molecular weight excluding hydrogens is 911 g/mol. The van der Waals surface area contributed by atoms with Gasteiger partial charge in [-0.1, -0.05) is 271 Å². The van der Waals surface area contributed by atoms with Gasteiger partial charge in [-0.25, -0.2) is 0 Å². The lowest BCUT2D eigenvalue weighted by molar-refractivity contribution is 0.234. The summed E-state index contributed by atoms with van der Waals surface area (Å²) in [5.41, 5.74) is 10.8. The van der Waals surface area contributed by atoms with Crippen LogP contribution in [0.3, 0.4) is 0 Å². The summed E-state index contributed by atoms with van der Waals surface area (Å²) >= 11 is 0. The molecule has 0 radical (unpaired) electrons. The highest BCUT2D eigenvalue weighted by Crippen LogP contribution is 2.41. The highest BCUT2D eigenvalue weighted by molar-refractivity contribution is 5.80. The summed E-state index contributed by atoms with van der Waals surface area (Å²) in [5, 5.41) is 0. The molecule has 0 heterocycles. The average Bonchev–Trinajstić information content (AvgIpc) is 3.41. The van der Waals surface area contributed by atoms with E-state index in [-0.39, 0.29) is 0 Å². The first-order valence-electron chi connectivity index (χ1n) is 31.0. The summed E-state index contributed by atoms with van der Waals surface area (Å²) < 4.78 is 33.6. The van der Waals surface area contributed by atoms with Crippen LogP contribution in [0, 0.1) is 11.8 Å². The van der Waals surface area contributed by atoms with Gasteiger partial charge in [-0.3, -0.25) is 0 Å². The molecule has 6 heteroatoms. The quantitative estimate of drug-likeness (QED) is 0.0345. The second kappa shape index (κ2) is 43.1. The van der Waals surface area contributed by atoms with Crippen molar-refractivity contribution in [1.29, 1.82) is 0 Å². The summed E-state index contributed by atoms with van der Waals surface area (Å²) in [6.07, 6.45) is 49.4. The Kier molecular flexibility index (Phi) is 37.4. The molecule has 0 saturated heterocycles. The fourth-order valence-corrected chi connectivity index (χ4v) is 9.14. The molecule has 0 unspecified atom stereocenters. The summed E-state index contributed by atoms with van der Waals surface area (Å²) in [7, 11) is 0. The molecule has 0 aliphatic rings. The SMILES string of the molecule is CCCCCCCCCCCCOc1cc(/C=C/c2cc(OC[C@@H](C)CC)c(/C=C/c3ccc(N)cc3)cc2OC[C@@H](C)CC)cc(OCCCCCCCCCCCC)c1OCCCCCCCCCCCC. The molecule has 0 saturated carbocycles. The zero-order valence-electron chi connectivity index (χ0n) is 48.9. The van der Waals surface area contributed by atoms with Crippen LogP contribution in [-0.4, -0.2) is 33.0 Å². The van der Waals surface area contributed by atoms with Crippen LogP contribution >= 0.6 is 0 Å². The largest absolute Gasteiger partial charge is 0.493 e. The number of unbranched alkanes of at least 4 members (excludes halogenated alkanes) is 27. The van der Waals surface area contributed by atoms with Crippen molar-refractivity contribution in [1.82, 2.24) is 0 Å². The summed E-state index contributed by atoms with van der Waals surface area (Å²) in [6, 6.07) is 16.6. The van der Waals surface area contributed by atoms with E-state index < -0.39 is 0 Å². The molecule has 0 aromatic heterocycles. The van der Waals surface area contributed by atoms with Crippen molar-refractivity contribution in [2.24, 2.45) is 11.8 Å². The first kappa shape index (κ1) is 64.2. The summed E-state index contributed by atoms with van der Waals surface area (Å²) in [5.74, 6) is 4.83. The number of nitrogen functional groups attached to an aromatic ring is 1. The number of anilines is 1. The molecule has 0 spiro atoms. The Bertz CT molecular complexity index is 1820. The van der Waals surface area contributed by atoms with E-state index in [1.54, 1.807) is 0 Å². The van der Waals surface area contributed by atoms with E-state index >= 15 is 0 Å². The van der Waals surface area contributed by atoms with Gasteiger partial charge in [0.25, 0.3) is 0 Å². The van der Waals surface area contributed by atoms with Gasteiger partial charge in [0.05, 0.1) is 33.0 Å². The molecule has 3 rings (SSSR count). The number of benzene rings is 3. The Morgan fingerprint density at radius 2 is 0.676 bits per heavy atom. The molecule has 2 atom stereocenters. The average molecular weight is 1020 g/mol. The molecule has 2 N–H and O–H groups in total. The maximum Gasteiger partial charge on any atom is 0.203 e. The number of hydrogen-bond donors (Lipinski definition) is 1. The predicted molar refractivity (Wildman–Crippen MR) is 324 cm³/mol. The van der Waals surface area contributed by atoms with Crippen LogP contribution in [0.4, 0.5) is 5.69 Å². The summed E-state index contributed by atoms with van der Waals surface area (Å²) in [6.45, 7) is 19.0. The van der Waals surface area contributed by atoms with Gasteiger partial charge in [0.1, 0.15) is 11.5 Å². The van der Waals surface area contributed by atoms with E-state index in [0.29, 0.717) is 44.9 Å². The lowest BCUT2D eigenvalue weighted by Gasteiger charge is -2.19. The molecule has 418 valence electrons. The van der Waals surface area contributed by atoms with Crippen molar-refractivity contribution in [3.63, 3.8) is 0 Å². The number of nitrogens with two attached hydrogens (primary N) is 1. The number of ether oxygens (including phenoxy) is 5. The van der Waals surface area contributed by atoms with Crippen LogP contribution in [0.5, 0.6) is 28.7 Å². The number of hydrogen-bond acceptors (Lipinski definition) is 6. The molecule has 0 fully saturated rings. The molecule has 0 aliphatic heterocycles. The molecule has 3 aromatic carbocycles. The minimum Gasteiger partial charge on any atom is -0.493 e. The van der Waals surface area contributed by atoms with Crippen LogP contribution in [0.1, 0.15) is 276 Å². The zero-order chi connectivity index (χ0) is 53.1. The molecule has 74 heavy (non-hydrogen) atoms. The molecule has 6 nitrogen and oxygen atoms in total. The van der Waals surface area contributed by atoms with Gasteiger partial charge in [-0.05, 0) is 78.6 Å². The zero-order valence-corrected chi connectivity index (χ0v) is 48.9. The van der Waals surface area contributed by atoms with E-state index in [4.69, 9.17) is 29.4 Å². The third-order valence-corrected chi connectivity index (χ3v) is 14.7. The molecule has 0 aliphatic carbocycles. The van der Waals surface area contributed by atoms with E-state index in [1.165, 1.54) is 173 Å². The first-order valence-corrected chi connectivity index (χ1v) is 31.0. The minimum atomic E-state index is 0.417. The highest BCUT2D eigenvalue weighted by atomic mass is 16.5. The van der Waals surface area contributed by atoms with Gasteiger partial charge in [0.15, 0.2) is 11.5 Å². The molecule has 3 aromatic rings. The van der Waals surface area contributed by atoms with Gasteiger partial charge < -0.3 is 29.4 Å². The van der Waals surface area contributed by atoms with Crippen LogP contribution in [-0.2, 0) is 0 Å². The van der Waals surface area contributed by atoms with E-state index in [0.717, 1.165) is 88.8 Å². The lowest BCUT2D eigenvalue weighted by atomic mass is 10.0. The predicted octanol–water partition coefficient (Wildman–Crippen LogP) is 21.4. The van der Waals surface area contributed by atoms with Gasteiger partial charge in [0.2, 0.25) is 5.75 Å². The summed E-state index contributed by atoms with van der Waals surface area (Å²) in [4.78, 5) is 0. The second-order valence-corrected chi connectivity index (χ2v) is 21.8. The second-order valence-electron chi connectivity index (χ2n) is 21.8. The lowest BCUT2D eigenvalue weighted by Crippen LogP contribution is -2.10. The molecular formula is C68H111NO5. The smallest absolute Gasteiger partial charge is 0.203 e. The van der Waals surface area contributed by atoms with Crippen molar-refractivity contribution < 1.29 is 23.7 Å². The Morgan fingerprint density at radius 1 is 0.351 bits per heavy atom. The standard InChI is InChI=1S/C68H111NO5/c1-8-13-16-19-22-25-28-31-34-37-48-70-66-51-60(52-67(71-49-38-35-32-29-26-23-20-17-14-9-2)68(66)72-50-39-36-33-30-27-24-21-18-15-10-3)41-45-62-54-64(73-55-57(6)11-4)61(53-65(62)74-56-58(7)12-5)44-40-59-42-46-63(69)47-43-59/h40-47,51-54,57-58H,8-39,48-50,55-56,69H2,1-7H3/b44-40+,45-41+/t57-,58-/m0/s1. The Morgan fingerprint density at radius 3 is 1.03 bits per heavy atom. The monoisotopic (exact) mass is 1020 g/mol. The Labute approximate surface area is 455 Å². The van der Waals surface area contributed by atoms with Crippen molar-refractivity contribution in [3.8, 4) is 28.7 Å². The van der Waals surface area contributed by atoms with Crippen molar-refractivity contribution >= 4 is 30.0 Å². The van der Waals surface area contributed by atoms with Gasteiger partial charge in [-0.15, -0.1) is 0 Å². The van der Waals surface area contributed by atoms with Gasteiger partial charge in [-0.2, -0.15) is 0 Å². The van der Waals surface area contributed by atoms with E-state index in [2.05, 4.69) is 97.0 Å².